The Morgan fingerprint density at radius 1 is 0.862 bits per heavy atom. The molecule has 0 bridgehead atoms. The van der Waals surface area contributed by atoms with Crippen LogP contribution in [0.5, 0.6) is 11.5 Å². The van der Waals surface area contributed by atoms with Gasteiger partial charge in [0.1, 0.15) is 10.6 Å². The van der Waals surface area contributed by atoms with Crippen molar-refractivity contribution < 1.29 is 26.9 Å². The van der Waals surface area contributed by atoms with E-state index in [9.17, 15) is 22.8 Å². The maximum absolute atomic E-state index is 13.9. The van der Waals surface area contributed by atoms with Gasteiger partial charge in [0.05, 0.1) is 10.7 Å². The topological polar surface area (TPSA) is 149 Å². The minimum Gasteiger partial charge on any atom is -0.480 e. The number of carbonyl (C=O) groups is 2. The number of rotatable bonds is 15. The average molecular weight is 850 g/mol. The number of benzene rings is 4. The third kappa shape index (κ3) is 9.62. The lowest BCUT2D eigenvalue weighted by molar-refractivity contribution is -0.122. The summed E-state index contributed by atoms with van der Waals surface area (Å²) in [6.07, 6.45) is 1.35. The number of aromatic nitrogens is 2. The van der Waals surface area contributed by atoms with Crippen molar-refractivity contribution >= 4 is 56.6 Å². The van der Waals surface area contributed by atoms with Gasteiger partial charge in [-0.1, -0.05) is 95.9 Å². The van der Waals surface area contributed by atoms with E-state index in [2.05, 4.69) is 69.4 Å². The summed E-state index contributed by atoms with van der Waals surface area (Å²) in [4.78, 5) is 41.1. The smallest absolute Gasteiger partial charge is 0.339 e. The number of anilines is 2. The van der Waals surface area contributed by atoms with Gasteiger partial charge in [-0.2, -0.15) is 8.42 Å². The Morgan fingerprint density at radius 2 is 1.53 bits per heavy atom. The molecule has 1 aromatic heterocycles. The van der Waals surface area contributed by atoms with Crippen LogP contribution in [0.2, 0.25) is 10.0 Å². The van der Waals surface area contributed by atoms with E-state index in [4.69, 9.17) is 32.1 Å². The van der Waals surface area contributed by atoms with Crippen molar-refractivity contribution in [2.45, 2.75) is 103 Å². The molecule has 1 heterocycles. The molecule has 0 saturated heterocycles. The van der Waals surface area contributed by atoms with E-state index >= 15 is 0 Å². The SMILES string of the molecule is CCC(Oc1ccc(C(C)(C)CC)cc1C(C)(C)CC)C(=O)Nc1cccc(C(=O)Nc2[nH]n(-c3c(C)cc(C)cc3Cl)c(=O)c2OS(=O)(=O)c2ccc(Cl)cc2)c1. The molecule has 0 radical (unpaired) electrons. The zero-order valence-electron chi connectivity index (χ0n) is 34.2. The van der Waals surface area contributed by atoms with Crippen LogP contribution in [0.4, 0.5) is 11.5 Å². The first-order chi connectivity index (χ1) is 27.2. The largest absolute Gasteiger partial charge is 0.480 e. The molecule has 1 atom stereocenters. The molecule has 0 aliphatic heterocycles. The van der Waals surface area contributed by atoms with Gasteiger partial charge in [-0.05, 0) is 115 Å². The van der Waals surface area contributed by atoms with Crippen molar-refractivity contribution in [2.24, 2.45) is 0 Å². The van der Waals surface area contributed by atoms with Crippen LogP contribution in [0, 0.1) is 13.8 Å². The summed E-state index contributed by atoms with van der Waals surface area (Å²) in [5.74, 6) is -1.57. The van der Waals surface area contributed by atoms with Gasteiger partial charge in [-0.15, -0.1) is 0 Å². The Bertz CT molecular complexity index is 2480. The summed E-state index contributed by atoms with van der Waals surface area (Å²) >= 11 is 12.5. The van der Waals surface area contributed by atoms with Crippen LogP contribution >= 0.6 is 23.2 Å². The van der Waals surface area contributed by atoms with Crippen molar-refractivity contribution in [3.63, 3.8) is 0 Å². The summed E-state index contributed by atoms with van der Waals surface area (Å²) < 4.78 is 39.6. The molecular weight excluding hydrogens is 799 g/mol. The Labute approximate surface area is 350 Å². The van der Waals surface area contributed by atoms with Crippen molar-refractivity contribution in [1.82, 2.24) is 9.78 Å². The molecule has 0 spiro atoms. The Hall–Kier alpha value is -5.04. The van der Waals surface area contributed by atoms with E-state index in [0.717, 1.165) is 28.7 Å². The fourth-order valence-corrected chi connectivity index (χ4v) is 7.76. The standard InChI is InChI=1S/C44H50Cl2N4O7S/c1-10-35(56-36-21-16-29(43(6,7)11-2)25-33(36)44(8,9)12-3)41(52)47-31-15-13-14-28(24-31)40(51)48-39-38(57-58(54,55)32-19-17-30(45)18-20-32)42(53)50(49-39)37-27(5)22-26(4)23-34(37)46/h13-25,35,49H,10-12H2,1-9H3,(H,47,52)(H,48,51). The maximum atomic E-state index is 13.9. The fourth-order valence-electron chi connectivity index (χ4n) is 6.29. The maximum Gasteiger partial charge on any atom is 0.339 e. The Morgan fingerprint density at radius 3 is 2.16 bits per heavy atom. The second-order valence-corrected chi connectivity index (χ2v) is 18.0. The molecule has 3 N–H and O–H groups in total. The number of nitrogens with zero attached hydrogens (tertiary/aromatic N) is 1. The van der Waals surface area contributed by atoms with Crippen molar-refractivity contribution in [3.8, 4) is 17.2 Å². The molecule has 0 aliphatic rings. The third-order valence-electron chi connectivity index (χ3n) is 10.6. The number of nitrogens with one attached hydrogen (secondary N) is 3. The highest BCUT2D eigenvalue weighted by molar-refractivity contribution is 7.87. The van der Waals surface area contributed by atoms with Crippen LogP contribution in [-0.4, -0.2) is 36.1 Å². The molecule has 0 aliphatic carbocycles. The quantitative estimate of drug-likeness (QED) is 0.0888. The van der Waals surface area contributed by atoms with Gasteiger partial charge >= 0.3 is 15.7 Å². The van der Waals surface area contributed by atoms with Crippen LogP contribution in [-0.2, 0) is 25.7 Å². The van der Waals surface area contributed by atoms with Gasteiger partial charge in [-0.25, -0.2) is 4.68 Å². The molecule has 5 rings (SSSR count). The van der Waals surface area contributed by atoms with Gasteiger partial charge in [0.2, 0.25) is 0 Å². The average Bonchev–Trinajstić information content (AvgIpc) is 3.45. The molecule has 11 nitrogen and oxygen atoms in total. The number of amides is 2. The van der Waals surface area contributed by atoms with E-state index in [0.29, 0.717) is 28.4 Å². The summed E-state index contributed by atoms with van der Waals surface area (Å²) in [5.41, 5.74) is 3.09. The highest BCUT2D eigenvalue weighted by Crippen LogP contribution is 2.39. The van der Waals surface area contributed by atoms with Gasteiger partial charge < -0.3 is 19.6 Å². The summed E-state index contributed by atoms with van der Waals surface area (Å²) in [6.45, 7) is 18.4. The lowest BCUT2D eigenvalue weighted by Crippen LogP contribution is -2.33. The minimum atomic E-state index is -4.58. The van der Waals surface area contributed by atoms with E-state index in [1.165, 1.54) is 42.0 Å². The number of aromatic amines is 1. The number of aryl methyl sites for hydroxylation is 2. The molecule has 0 fully saturated rings. The zero-order chi connectivity index (χ0) is 42.7. The number of H-pyrrole nitrogens is 1. The van der Waals surface area contributed by atoms with E-state index in [1.54, 1.807) is 31.2 Å². The van der Waals surface area contributed by atoms with E-state index in [-0.39, 0.29) is 37.8 Å². The van der Waals surface area contributed by atoms with Crippen molar-refractivity contribution in [2.75, 3.05) is 10.6 Å². The van der Waals surface area contributed by atoms with Crippen LogP contribution in [0.25, 0.3) is 5.69 Å². The molecule has 308 valence electrons. The van der Waals surface area contributed by atoms with Crippen molar-refractivity contribution in [3.05, 3.63) is 127 Å². The van der Waals surface area contributed by atoms with Gasteiger partial charge in [0.15, 0.2) is 11.9 Å². The highest BCUT2D eigenvalue weighted by atomic mass is 35.5. The second kappa shape index (κ2) is 17.4. The molecular formula is C44H50Cl2N4O7S. The first-order valence-corrected chi connectivity index (χ1v) is 21.2. The summed E-state index contributed by atoms with van der Waals surface area (Å²) in [7, 11) is -4.58. The zero-order valence-corrected chi connectivity index (χ0v) is 36.5. The predicted molar refractivity (Wildman–Crippen MR) is 231 cm³/mol. The first kappa shape index (κ1) is 44.1. The lowest BCUT2D eigenvalue weighted by atomic mass is 9.76. The fraction of sp³-hybridized carbons (Fsp3) is 0.341. The molecule has 5 aromatic rings. The summed E-state index contributed by atoms with van der Waals surface area (Å²) in [6, 6.07) is 21.0. The van der Waals surface area contributed by atoms with Crippen LogP contribution in [0.1, 0.15) is 100 Å². The third-order valence-corrected chi connectivity index (χ3v) is 12.4. The van der Waals surface area contributed by atoms with E-state index < -0.39 is 39.3 Å². The first-order valence-electron chi connectivity index (χ1n) is 19.1. The highest BCUT2D eigenvalue weighted by Gasteiger charge is 2.30. The summed E-state index contributed by atoms with van der Waals surface area (Å²) in [5, 5.41) is 8.71. The molecule has 0 saturated carbocycles. The van der Waals surface area contributed by atoms with E-state index in [1.807, 2.05) is 19.9 Å². The van der Waals surface area contributed by atoms with Gasteiger partial charge in [0.25, 0.3) is 17.6 Å². The Kier molecular flexibility index (Phi) is 13.3. The molecule has 4 aromatic carbocycles. The number of hydrogen-bond donors (Lipinski definition) is 3. The number of halogens is 2. The molecule has 1 unspecified atom stereocenters. The normalized spacial score (nSPS) is 12.5. The lowest BCUT2D eigenvalue weighted by Gasteiger charge is -2.31. The Balaban J connectivity index is 1.43. The van der Waals surface area contributed by atoms with Gasteiger partial charge in [0, 0.05) is 21.8 Å². The number of ether oxygens (including phenoxy) is 1. The molecule has 2 amide bonds. The van der Waals surface area contributed by atoms with Gasteiger partial charge in [-0.3, -0.25) is 19.5 Å². The predicted octanol–water partition coefficient (Wildman–Crippen LogP) is 10.3. The van der Waals surface area contributed by atoms with Crippen LogP contribution in [0.3, 0.4) is 0 Å². The number of hydrogen-bond acceptors (Lipinski definition) is 7. The van der Waals surface area contributed by atoms with Crippen LogP contribution < -0.4 is 25.1 Å². The molecule has 14 heteroatoms. The van der Waals surface area contributed by atoms with Crippen molar-refractivity contribution in [1.29, 1.82) is 0 Å². The number of carbonyl (C=O) groups excluding carboxylic acids is 2. The van der Waals surface area contributed by atoms with Crippen LogP contribution in [0.15, 0.2) is 88.6 Å². The monoisotopic (exact) mass is 848 g/mol. The second-order valence-electron chi connectivity index (χ2n) is 15.6. The minimum absolute atomic E-state index is 0.0349. The molecule has 58 heavy (non-hydrogen) atoms.